The van der Waals surface area contributed by atoms with Gasteiger partial charge in [0.05, 0.1) is 5.69 Å². The molecule has 0 atom stereocenters. The van der Waals surface area contributed by atoms with E-state index in [2.05, 4.69) is 29.9 Å². The molecule has 5 nitrogen and oxygen atoms in total. The number of carbonyl (C=O) groups excluding carboxylic acids is 1. The summed E-state index contributed by atoms with van der Waals surface area (Å²) in [5.74, 6) is 0.496. The molecule has 0 unspecified atom stereocenters. The Morgan fingerprint density at radius 1 is 1.04 bits per heavy atom. The van der Waals surface area contributed by atoms with Gasteiger partial charge in [0, 0.05) is 18.0 Å². The number of urea groups is 1. The van der Waals surface area contributed by atoms with Gasteiger partial charge in [0.25, 0.3) is 0 Å². The first-order valence-corrected chi connectivity index (χ1v) is 8.87. The van der Waals surface area contributed by atoms with Crippen LogP contribution < -0.4 is 16.1 Å². The molecule has 2 N–H and O–H groups in total. The fourth-order valence-corrected chi connectivity index (χ4v) is 2.57. The van der Waals surface area contributed by atoms with Crippen molar-refractivity contribution < 1.29 is 4.79 Å². The van der Waals surface area contributed by atoms with Crippen molar-refractivity contribution in [2.45, 2.75) is 26.1 Å². The van der Waals surface area contributed by atoms with E-state index in [0.29, 0.717) is 5.82 Å². The minimum absolute atomic E-state index is 0.314. The predicted octanol–water partition coefficient (Wildman–Crippen LogP) is 4.06. The molecule has 0 bridgehead atoms. The van der Waals surface area contributed by atoms with Crippen molar-refractivity contribution in [3.63, 3.8) is 0 Å². The van der Waals surface area contributed by atoms with Gasteiger partial charge in [0.2, 0.25) is 0 Å². The zero-order chi connectivity index (χ0) is 18.2. The molecule has 3 rings (SSSR count). The van der Waals surface area contributed by atoms with Gasteiger partial charge in [-0.3, -0.25) is 5.32 Å². The van der Waals surface area contributed by atoms with E-state index in [1.165, 1.54) is 18.3 Å². The van der Waals surface area contributed by atoms with Gasteiger partial charge in [-0.15, -0.1) is 5.10 Å². The lowest BCUT2D eigenvalue weighted by molar-refractivity contribution is 0.262. The number of hydrogen-bond donors (Lipinski definition) is 2. The summed E-state index contributed by atoms with van der Waals surface area (Å²) in [7, 11) is 2.21. The maximum atomic E-state index is 12.1. The molecule has 0 spiro atoms. The van der Waals surface area contributed by atoms with Gasteiger partial charge in [-0.05, 0) is 24.3 Å². The van der Waals surface area contributed by atoms with E-state index < -0.39 is 0 Å². The van der Waals surface area contributed by atoms with Crippen LogP contribution in [0.2, 0.25) is 6.32 Å². The van der Waals surface area contributed by atoms with Crippen LogP contribution in [0.15, 0.2) is 66.9 Å². The highest BCUT2D eigenvalue weighted by molar-refractivity contribution is 6.53. The lowest BCUT2D eigenvalue weighted by Gasteiger charge is -2.07. The first-order valence-electron chi connectivity index (χ1n) is 8.87. The third kappa shape index (κ3) is 4.99. The Kier molecular flexibility index (Phi) is 6.09. The van der Waals surface area contributed by atoms with E-state index in [1.807, 2.05) is 60.8 Å². The van der Waals surface area contributed by atoms with Crippen LogP contribution in [0.1, 0.15) is 19.8 Å². The van der Waals surface area contributed by atoms with Gasteiger partial charge in [0.1, 0.15) is 0 Å². The van der Waals surface area contributed by atoms with Gasteiger partial charge in [0.15, 0.2) is 13.1 Å². The van der Waals surface area contributed by atoms with Crippen LogP contribution in [0.3, 0.4) is 0 Å². The Hall–Kier alpha value is -3.02. The van der Waals surface area contributed by atoms with E-state index in [9.17, 15) is 4.79 Å². The van der Waals surface area contributed by atoms with Crippen molar-refractivity contribution in [1.29, 1.82) is 0 Å². The highest BCUT2D eigenvalue weighted by Crippen LogP contribution is 2.11. The van der Waals surface area contributed by atoms with E-state index in [1.54, 1.807) is 10.7 Å². The van der Waals surface area contributed by atoms with Crippen molar-refractivity contribution in [2.24, 2.45) is 0 Å². The molecule has 2 aromatic carbocycles. The average Bonchev–Trinajstić information content (AvgIpc) is 3.12. The van der Waals surface area contributed by atoms with Crippen LogP contribution in [0.4, 0.5) is 16.3 Å². The molecule has 1 radical (unpaired) electrons. The summed E-state index contributed by atoms with van der Waals surface area (Å²) in [5, 5.41) is 9.93. The largest absolute Gasteiger partial charge is 0.324 e. The second kappa shape index (κ2) is 8.90. The van der Waals surface area contributed by atoms with Crippen LogP contribution in [-0.4, -0.2) is 23.1 Å². The number of unbranched alkanes of at least 4 members (excludes halogenated alkanes) is 1. The zero-order valence-corrected chi connectivity index (χ0v) is 14.9. The van der Waals surface area contributed by atoms with Crippen molar-refractivity contribution in [2.75, 3.05) is 10.6 Å². The zero-order valence-electron chi connectivity index (χ0n) is 14.9. The monoisotopic (exact) mass is 345 g/mol. The molecule has 0 aliphatic heterocycles. The third-order valence-corrected chi connectivity index (χ3v) is 3.96. The normalized spacial score (nSPS) is 10.3. The lowest BCUT2D eigenvalue weighted by atomic mass is 9.66. The standard InChI is InChI=1S/C20H22BN4O/c1-2-3-14-21-16-9-11-17(12-10-16)22-20(26)23-19-13-15-25(24-19)18-7-5-4-6-8-18/h4-13,15H,2-3,14H2,1H3,(H2,22,23,24,26). The van der Waals surface area contributed by atoms with Gasteiger partial charge in [-0.2, -0.15) is 0 Å². The molecule has 26 heavy (non-hydrogen) atoms. The number of nitrogens with zero attached hydrogens (tertiary/aromatic N) is 2. The molecule has 131 valence electrons. The molecular formula is C20H22BN4O. The molecule has 3 aromatic rings. The Bertz CT molecular complexity index is 831. The molecule has 0 fully saturated rings. The number of anilines is 2. The molecule has 0 saturated carbocycles. The first-order chi connectivity index (χ1) is 12.7. The molecule has 0 saturated heterocycles. The molecular weight excluding hydrogens is 323 g/mol. The Morgan fingerprint density at radius 3 is 2.54 bits per heavy atom. The number of nitrogens with one attached hydrogen (secondary N) is 2. The average molecular weight is 345 g/mol. The fourth-order valence-electron chi connectivity index (χ4n) is 2.57. The number of para-hydroxylation sites is 1. The smallest absolute Gasteiger partial charge is 0.308 e. The second-order valence-electron chi connectivity index (χ2n) is 6.03. The molecule has 6 heteroatoms. The summed E-state index contributed by atoms with van der Waals surface area (Å²) in [6.45, 7) is 2.18. The summed E-state index contributed by atoms with van der Waals surface area (Å²) >= 11 is 0. The Morgan fingerprint density at radius 2 is 1.81 bits per heavy atom. The number of rotatable bonds is 7. The molecule has 1 heterocycles. The molecule has 1 aromatic heterocycles. The minimum Gasteiger partial charge on any atom is -0.308 e. The predicted molar refractivity (Wildman–Crippen MR) is 108 cm³/mol. The Balaban J connectivity index is 1.53. The van der Waals surface area contributed by atoms with Gasteiger partial charge in [-0.1, -0.05) is 61.9 Å². The lowest BCUT2D eigenvalue weighted by Crippen LogP contribution is -2.20. The third-order valence-electron chi connectivity index (χ3n) is 3.96. The quantitative estimate of drug-likeness (QED) is 0.501. The van der Waals surface area contributed by atoms with Crippen LogP contribution >= 0.6 is 0 Å². The van der Waals surface area contributed by atoms with Crippen LogP contribution in [0.5, 0.6) is 0 Å². The number of carbonyl (C=O) groups is 1. The van der Waals surface area contributed by atoms with Gasteiger partial charge >= 0.3 is 6.03 Å². The summed E-state index contributed by atoms with van der Waals surface area (Å²) in [6, 6.07) is 19.0. The topological polar surface area (TPSA) is 59.0 Å². The van der Waals surface area contributed by atoms with E-state index in [4.69, 9.17) is 0 Å². The van der Waals surface area contributed by atoms with E-state index in [-0.39, 0.29) is 6.03 Å². The second-order valence-corrected chi connectivity index (χ2v) is 6.03. The van der Waals surface area contributed by atoms with Crippen molar-refractivity contribution in [1.82, 2.24) is 9.78 Å². The number of aromatic nitrogens is 2. The molecule has 0 aliphatic rings. The number of hydrogen-bond acceptors (Lipinski definition) is 2. The van der Waals surface area contributed by atoms with E-state index >= 15 is 0 Å². The number of benzene rings is 2. The van der Waals surface area contributed by atoms with Crippen LogP contribution in [0, 0.1) is 0 Å². The highest BCUT2D eigenvalue weighted by atomic mass is 16.2. The summed E-state index contributed by atoms with van der Waals surface area (Å²) < 4.78 is 1.72. The fraction of sp³-hybridized carbons (Fsp3) is 0.200. The maximum absolute atomic E-state index is 12.1. The Labute approximate surface area is 154 Å². The van der Waals surface area contributed by atoms with Crippen LogP contribution in [0.25, 0.3) is 5.69 Å². The molecule has 0 aliphatic carbocycles. The number of amides is 2. The van der Waals surface area contributed by atoms with Gasteiger partial charge in [-0.25, -0.2) is 9.48 Å². The van der Waals surface area contributed by atoms with E-state index in [0.717, 1.165) is 17.7 Å². The summed E-state index contributed by atoms with van der Waals surface area (Å²) in [4.78, 5) is 12.1. The maximum Gasteiger partial charge on any atom is 0.324 e. The van der Waals surface area contributed by atoms with Crippen LogP contribution in [-0.2, 0) is 0 Å². The highest BCUT2D eigenvalue weighted by Gasteiger charge is 2.06. The minimum atomic E-state index is -0.314. The van der Waals surface area contributed by atoms with Gasteiger partial charge < -0.3 is 5.32 Å². The molecule has 2 amide bonds. The van der Waals surface area contributed by atoms with Crippen molar-refractivity contribution in [3.05, 3.63) is 66.9 Å². The van der Waals surface area contributed by atoms with Crippen molar-refractivity contribution in [3.8, 4) is 5.69 Å². The SMILES string of the molecule is CCCC[B]c1ccc(NC(=O)Nc2ccn(-c3ccccc3)n2)cc1. The summed E-state index contributed by atoms with van der Waals surface area (Å²) in [5.41, 5.74) is 2.86. The van der Waals surface area contributed by atoms with Crippen molar-refractivity contribution >= 4 is 30.3 Å². The first kappa shape index (κ1) is 17.8. The summed E-state index contributed by atoms with van der Waals surface area (Å²) in [6.07, 6.45) is 5.27.